The molecule has 0 unspecified atom stereocenters. The molecule has 2 bridgehead atoms. The smallest absolute Gasteiger partial charge is 0.219 e. The van der Waals surface area contributed by atoms with Crippen molar-refractivity contribution in [2.24, 2.45) is 5.92 Å². The summed E-state index contributed by atoms with van der Waals surface area (Å²) in [4.78, 5) is 4.53. The maximum absolute atomic E-state index is 6.26. The molecule has 3 heteroatoms. The number of pyridine rings is 1. The highest BCUT2D eigenvalue weighted by molar-refractivity contribution is 5.50. The van der Waals surface area contributed by atoms with Crippen molar-refractivity contribution in [3.05, 3.63) is 53.2 Å². The molecule has 2 heterocycles. The Morgan fingerprint density at radius 2 is 2.04 bits per heavy atom. The van der Waals surface area contributed by atoms with Crippen molar-refractivity contribution >= 4 is 0 Å². The van der Waals surface area contributed by atoms with E-state index in [1.807, 2.05) is 25.1 Å². The average Bonchev–Trinajstić information content (AvgIpc) is 2.62. The summed E-state index contributed by atoms with van der Waals surface area (Å²) in [7, 11) is 0. The molecule has 2 aliphatic carbocycles. The molecule has 5 rings (SSSR count). The van der Waals surface area contributed by atoms with E-state index in [1.54, 1.807) is 5.56 Å². The number of aromatic nitrogens is 1. The molecule has 3 nitrogen and oxygen atoms in total. The first-order chi connectivity index (χ1) is 12.3. The molecule has 1 saturated carbocycles. The zero-order chi connectivity index (χ0) is 16.9. The third-order valence-corrected chi connectivity index (χ3v) is 6.73. The van der Waals surface area contributed by atoms with Crippen LogP contribution in [0.15, 0.2) is 36.4 Å². The van der Waals surface area contributed by atoms with Gasteiger partial charge in [-0.25, -0.2) is 4.98 Å². The number of ether oxygens (including phenoxy) is 1. The largest absolute Gasteiger partial charge is 0.439 e. The zero-order valence-electron chi connectivity index (χ0n) is 14.9. The fourth-order valence-electron chi connectivity index (χ4n) is 5.72. The van der Waals surface area contributed by atoms with Crippen molar-refractivity contribution in [3.8, 4) is 11.6 Å². The van der Waals surface area contributed by atoms with Crippen LogP contribution in [0.2, 0.25) is 0 Å². The molecule has 2 aromatic rings. The van der Waals surface area contributed by atoms with Crippen LogP contribution in [0.3, 0.4) is 0 Å². The van der Waals surface area contributed by atoms with Gasteiger partial charge in [0.1, 0.15) is 5.75 Å². The number of hydrogen-bond acceptors (Lipinski definition) is 3. The summed E-state index contributed by atoms with van der Waals surface area (Å²) >= 11 is 0. The summed E-state index contributed by atoms with van der Waals surface area (Å²) < 4.78 is 6.26. The molecule has 1 aliphatic heterocycles. The fourth-order valence-corrected chi connectivity index (χ4v) is 5.72. The molecule has 25 heavy (non-hydrogen) atoms. The fraction of sp³-hybridized carbons (Fsp3) is 0.500. The van der Waals surface area contributed by atoms with E-state index in [-0.39, 0.29) is 0 Å². The van der Waals surface area contributed by atoms with Gasteiger partial charge in [0.25, 0.3) is 0 Å². The monoisotopic (exact) mass is 334 g/mol. The van der Waals surface area contributed by atoms with Crippen LogP contribution >= 0.6 is 0 Å². The van der Waals surface area contributed by atoms with Gasteiger partial charge in [0.05, 0.1) is 0 Å². The van der Waals surface area contributed by atoms with Crippen LogP contribution in [0.4, 0.5) is 0 Å². The second kappa shape index (κ2) is 5.84. The number of piperidine rings is 1. The topological polar surface area (TPSA) is 34.1 Å². The van der Waals surface area contributed by atoms with Crippen LogP contribution in [0, 0.1) is 12.8 Å². The Kier molecular flexibility index (Phi) is 3.60. The Morgan fingerprint density at radius 3 is 2.96 bits per heavy atom. The van der Waals surface area contributed by atoms with Gasteiger partial charge < -0.3 is 10.1 Å². The molecule has 0 radical (unpaired) electrons. The minimum Gasteiger partial charge on any atom is -0.439 e. The van der Waals surface area contributed by atoms with Crippen LogP contribution in [-0.4, -0.2) is 17.6 Å². The number of hydrogen-bond donors (Lipinski definition) is 1. The highest BCUT2D eigenvalue weighted by Crippen LogP contribution is 2.55. The van der Waals surface area contributed by atoms with E-state index in [0.717, 1.165) is 30.3 Å². The van der Waals surface area contributed by atoms with Gasteiger partial charge in [-0.3, -0.25) is 0 Å². The molecule has 0 spiro atoms. The van der Waals surface area contributed by atoms with Gasteiger partial charge in [0, 0.05) is 28.8 Å². The number of aryl methyl sites for hydroxylation is 1. The SMILES string of the molecule is Cc1cccc(Oc2cccc3c2C[C@H]2NCC[C@@]34CCCC[C@@H]24)n1. The van der Waals surface area contributed by atoms with Gasteiger partial charge >= 0.3 is 0 Å². The van der Waals surface area contributed by atoms with Gasteiger partial charge in [-0.15, -0.1) is 0 Å². The summed E-state index contributed by atoms with van der Waals surface area (Å²) in [5, 5.41) is 3.81. The third-order valence-electron chi connectivity index (χ3n) is 6.73. The van der Waals surface area contributed by atoms with Crippen LogP contribution in [0.1, 0.15) is 48.9 Å². The minimum absolute atomic E-state index is 0.376. The lowest BCUT2D eigenvalue weighted by atomic mass is 9.53. The maximum atomic E-state index is 6.26. The average molecular weight is 334 g/mol. The lowest BCUT2D eigenvalue weighted by Crippen LogP contribution is -2.59. The molecule has 3 aliphatic rings. The minimum atomic E-state index is 0.376. The Balaban J connectivity index is 1.59. The first-order valence-electron chi connectivity index (χ1n) is 9.73. The van der Waals surface area contributed by atoms with Crippen molar-refractivity contribution < 1.29 is 4.74 Å². The predicted octanol–water partition coefficient (Wildman–Crippen LogP) is 4.53. The van der Waals surface area contributed by atoms with Gasteiger partial charge in [-0.2, -0.15) is 0 Å². The molecular formula is C22H26N2O. The Hall–Kier alpha value is -1.87. The zero-order valence-corrected chi connectivity index (χ0v) is 14.9. The second-order valence-electron chi connectivity index (χ2n) is 8.02. The molecule has 1 aromatic heterocycles. The van der Waals surface area contributed by atoms with Crippen LogP contribution in [-0.2, 0) is 11.8 Å². The molecule has 0 amide bonds. The quantitative estimate of drug-likeness (QED) is 0.876. The highest BCUT2D eigenvalue weighted by atomic mass is 16.5. The van der Waals surface area contributed by atoms with Crippen LogP contribution < -0.4 is 10.1 Å². The number of benzene rings is 1. The summed E-state index contributed by atoms with van der Waals surface area (Å²) in [5.41, 5.74) is 4.36. The van der Waals surface area contributed by atoms with Gasteiger partial charge in [-0.1, -0.05) is 31.0 Å². The van der Waals surface area contributed by atoms with E-state index in [2.05, 4.69) is 28.5 Å². The summed E-state index contributed by atoms with van der Waals surface area (Å²) in [5.74, 6) is 2.51. The van der Waals surface area contributed by atoms with E-state index in [0.29, 0.717) is 17.3 Å². The van der Waals surface area contributed by atoms with Gasteiger partial charge in [-0.05, 0) is 62.8 Å². The Bertz CT molecular complexity index is 798. The first-order valence-corrected chi connectivity index (χ1v) is 9.73. The van der Waals surface area contributed by atoms with E-state index in [4.69, 9.17) is 4.74 Å². The highest BCUT2D eigenvalue weighted by Gasteiger charge is 2.51. The maximum Gasteiger partial charge on any atom is 0.219 e. The second-order valence-corrected chi connectivity index (χ2v) is 8.02. The summed E-state index contributed by atoms with van der Waals surface area (Å²) in [6, 6.07) is 13.3. The number of nitrogens with one attached hydrogen (secondary N) is 1. The van der Waals surface area contributed by atoms with E-state index >= 15 is 0 Å². The summed E-state index contributed by atoms with van der Waals surface area (Å²) in [6.07, 6.45) is 7.84. The van der Waals surface area contributed by atoms with Crippen molar-refractivity contribution in [2.75, 3.05) is 6.54 Å². The third kappa shape index (κ3) is 2.40. The predicted molar refractivity (Wildman–Crippen MR) is 99.2 cm³/mol. The molecule has 2 fully saturated rings. The lowest BCUT2D eigenvalue weighted by Gasteiger charge is -2.56. The summed E-state index contributed by atoms with van der Waals surface area (Å²) in [6.45, 7) is 3.17. The van der Waals surface area contributed by atoms with Crippen molar-refractivity contribution in [1.82, 2.24) is 10.3 Å². The standard InChI is InChI=1S/C22H26N2O/c1-15-6-4-10-21(24-15)25-20-9-5-8-17-16(20)14-19-18-7-2-3-11-22(17,18)12-13-23-19/h4-6,8-10,18-19,23H,2-3,7,11-14H2,1H3/t18-,19+,22-/m0/s1. The Labute approximate surface area is 149 Å². The molecule has 1 N–H and O–H groups in total. The number of fused-ring (bicyclic) bond motifs is 1. The Morgan fingerprint density at radius 1 is 1.12 bits per heavy atom. The molecule has 1 aromatic carbocycles. The first kappa shape index (κ1) is 15.4. The van der Waals surface area contributed by atoms with E-state index in [9.17, 15) is 0 Å². The number of nitrogens with zero attached hydrogens (tertiary/aromatic N) is 1. The van der Waals surface area contributed by atoms with Crippen LogP contribution in [0.25, 0.3) is 0 Å². The van der Waals surface area contributed by atoms with Crippen molar-refractivity contribution in [2.45, 2.75) is 56.9 Å². The van der Waals surface area contributed by atoms with Crippen molar-refractivity contribution in [1.29, 1.82) is 0 Å². The van der Waals surface area contributed by atoms with E-state index in [1.165, 1.54) is 37.7 Å². The lowest BCUT2D eigenvalue weighted by molar-refractivity contribution is 0.0790. The number of rotatable bonds is 2. The molecule has 130 valence electrons. The molecule has 1 saturated heterocycles. The van der Waals surface area contributed by atoms with Gasteiger partial charge in [0.2, 0.25) is 5.88 Å². The molecule has 3 atom stereocenters. The van der Waals surface area contributed by atoms with Gasteiger partial charge in [0.15, 0.2) is 0 Å². The normalized spacial score (nSPS) is 30.3. The van der Waals surface area contributed by atoms with E-state index < -0.39 is 0 Å². The molecular weight excluding hydrogens is 308 g/mol. The van der Waals surface area contributed by atoms with Crippen molar-refractivity contribution in [3.63, 3.8) is 0 Å². The van der Waals surface area contributed by atoms with Crippen LogP contribution in [0.5, 0.6) is 11.6 Å².